The van der Waals surface area contributed by atoms with Gasteiger partial charge < -0.3 is 4.74 Å². The van der Waals surface area contributed by atoms with Gasteiger partial charge in [-0.2, -0.15) is 8.78 Å². The smallest absolute Gasteiger partial charge is 0.306 e. The van der Waals surface area contributed by atoms with Gasteiger partial charge in [0, 0.05) is 16.2 Å². The van der Waals surface area contributed by atoms with Gasteiger partial charge >= 0.3 is 5.92 Å². The Morgan fingerprint density at radius 2 is 1.89 bits per heavy atom. The number of hydrogen-bond donors (Lipinski definition) is 0. The molecule has 0 saturated carbocycles. The van der Waals surface area contributed by atoms with Gasteiger partial charge in [0.2, 0.25) is 0 Å². The summed E-state index contributed by atoms with van der Waals surface area (Å²) in [6.45, 7) is -0.713. The average Bonchev–Trinajstić information content (AvgIpc) is 2.38. The lowest BCUT2D eigenvalue weighted by atomic mass is 10.1. The molecule has 94 valence electrons. The van der Waals surface area contributed by atoms with Crippen LogP contribution in [-0.2, 0) is 5.92 Å². The lowest BCUT2D eigenvalue weighted by Gasteiger charge is -2.17. The van der Waals surface area contributed by atoms with Crippen molar-refractivity contribution in [2.24, 2.45) is 0 Å². The first kappa shape index (κ1) is 13.0. The van der Waals surface area contributed by atoms with Crippen LogP contribution in [0.3, 0.4) is 0 Å². The fraction of sp³-hybridized carbons (Fsp3) is 0.154. The Bertz CT molecular complexity index is 519. The number of rotatable bonds is 4. The maximum Gasteiger partial charge on any atom is 0.306 e. The molecule has 1 aromatic heterocycles. The van der Waals surface area contributed by atoms with E-state index in [1.165, 1.54) is 18.3 Å². The molecule has 1 aromatic carbocycles. The van der Waals surface area contributed by atoms with Gasteiger partial charge in [-0.3, -0.25) is 4.98 Å². The van der Waals surface area contributed by atoms with E-state index in [1.807, 2.05) is 0 Å². The molecule has 0 aliphatic rings. The summed E-state index contributed by atoms with van der Waals surface area (Å²) in [5.74, 6) is -2.72. The van der Waals surface area contributed by atoms with Crippen molar-refractivity contribution in [1.29, 1.82) is 0 Å². The van der Waals surface area contributed by atoms with Gasteiger partial charge in [-0.25, -0.2) is 0 Å². The molecule has 0 bridgehead atoms. The van der Waals surface area contributed by atoms with E-state index < -0.39 is 12.5 Å². The van der Waals surface area contributed by atoms with Crippen LogP contribution in [0.2, 0.25) is 0 Å². The van der Waals surface area contributed by atoms with Crippen molar-refractivity contribution < 1.29 is 13.5 Å². The van der Waals surface area contributed by atoms with Gasteiger partial charge in [-0.05, 0) is 22.0 Å². The molecule has 0 spiro atoms. The van der Waals surface area contributed by atoms with Crippen LogP contribution in [0.15, 0.2) is 53.3 Å². The van der Waals surface area contributed by atoms with Gasteiger partial charge in [0.15, 0.2) is 6.61 Å². The second kappa shape index (κ2) is 5.44. The highest BCUT2D eigenvalue weighted by Crippen LogP contribution is 2.28. The molecule has 0 atom stereocenters. The van der Waals surface area contributed by atoms with Crippen molar-refractivity contribution in [3.8, 4) is 5.75 Å². The molecule has 5 heteroatoms. The Morgan fingerprint density at radius 3 is 2.56 bits per heavy atom. The highest BCUT2D eigenvalue weighted by atomic mass is 79.9. The molecule has 2 aromatic rings. The minimum atomic E-state index is -3.02. The molecular weight excluding hydrogens is 304 g/mol. The van der Waals surface area contributed by atoms with Crippen LogP contribution in [0.1, 0.15) is 5.56 Å². The maximum atomic E-state index is 13.8. The van der Waals surface area contributed by atoms with E-state index in [9.17, 15) is 8.78 Å². The number of aromatic nitrogens is 1. The van der Waals surface area contributed by atoms with Crippen molar-refractivity contribution in [2.45, 2.75) is 5.92 Å². The largest absolute Gasteiger partial charge is 0.485 e. The first-order valence-corrected chi connectivity index (χ1v) is 6.04. The number of benzene rings is 1. The van der Waals surface area contributed by atoms with Crippen LogP contribution < -0.4 is 4.74 Å². The van der Waals surface area contributed by atoms with Crippen LogP contribution >= 0.6 is 15.9 Å². The Balaban J connectivity index is 2.05. The number of nitrogens with zero attached hydrogens (tertiary/aromatic N) is 1. The fourth-order valence-corrected chi connectivity index (χ4v) is 1.75. The van der Waals surface area contributed by atoms with Crippen LogP contribution in [0.4, 0.5) is 8.78 Å². The van der Waals surface area contributed by atoms with E-state index in [2.05, 4.69) is 20.9 Å². The molecule has 1 heterocycles. The third-order valence-electron chi connectivity index (χ3n) is 2.30. The van der Waals surface area contributed by atoms with Crippen LogP contribution in [0.25, 0.3) is 0 Å². The number of hydrogen-bond acceptors (Lipinski definition) is 2. The van der Waals surface area contributed by atoms with Crippen LogP contribution in [-0.4, -0.2) is 11.6 Å². The summed E-state index contributed by atoms with van der Waals surface area (Å²) >= 11 is 3.20. The quantitative estimate of drug-likeness (QED) is 0.850. The van der Waals surface area contributed by atoms with Gasteiger partial charge in [0.1, 0.15) is 5.75 Å². The molecule has 18 heavy (non-hydrogen) atoms. The Kier molecular flexibility index (Phi) is 3.91. The number of halogens is 3. The van der Waals surface area contributed by atoms with Gasteiger partial charge in [-0.1, -0.05) is 30.3 Å². The Labute approximate surface area is 112 Å². The van der Waals surface area contributed by atoms with Crippen molar-refractivity contribution in [3.63, 3.8) is 0 Å². The molecule has 2 rings (SSSR count). The van der Waals surface area contributed by atoms with E-state index in [0.717, 1.165) is 0 Å². The van der Waals surface area contributed by atoms with E-state index in [0.29, 0.717) is 10.2 Å². The average molecular weight is 314 g/mol. The standard InChI is InChI=1S/C13H10BrF2NO/c14-11-6-12(8-17-7-11)18-9-13(15,16)10-4-2-1-3-5-10/h1-8H,9H2. The maximum absolute atomic E-state index is 13.8. The van der Waals surface area contributed by atoms with Crippen molar-refractivity contribution in [3.05, 3.63) is 58.8 Å². The first-order valence-electron chi connectivity index (χ1n) is 5.25. The van der Waals surface area contributed by atoms with E-state index in [4.69, 9.17) is 4.74 Å². The first-order chi connectivity index (χ1) is 8.58. The summed E-state index contributed by atoms with van der Waals surface area (Å²) in [5, 5.41) is 0. The molecule has 0 saturated heterocycles. The normalized spacial score (nSPS) is 11.3. The monoisotopic (exact) mass is 313 g/mol. The third kappa shape index (κ3) is 3.26. The molecule has 0 amide bonds. The third-order valence-corrected chi connectivity index (χ3v) is 2.73. The van der Waals surface area contributed by atoms with Gasteiger partial charge in [0.05, 0.1) is 6.20 Å². The highest BCUT2D eigenvalue weighted by molar-refractivity contribution is 9.10. The summed E-state index contributed by atoms with van der Waals surface area (Å²) in [6.07, 6.45) is 2.95. The molecule has 0 aliphatic heterocycles. The highest BCUT2D eigenvalue weighted by Gasteiger charge is 2.32. The Morgan fingerprint density at radius 1 is 1.17 bits per heavy atom. The molecular formula is C13H10BrF2NO. The summed E-state index contributed by atoms with van der Waals surface area (Å²) < 4.78 is 33.3. The lowest BCUT2D eigenvalue weighted by Crippen LogP contribution is -2.23. The number of alkyl halides is 2. The van der Waals surface area contributed by atoms with Crippen LogP contribution in [0.5, 0.6) is 5.75 Å². The minimum Gasteiger partial charge on any atom is -0.485 e. The fourth-order valence-electron chi connectivity index (χ4n) is 1.41. The topological polar surface area (TPSA) is 22.1 Å². The molecule has 0 fully saturated rings. The second-order valence-corrected chi connectivity index (χ2v) is 4.61. The summed E-state index contributed by atoms with van der Waals surface area (Å²) in [5.41, 5.74) is -0.0621. The SMILES string of the molecule is FC(F)(COc1cncc(Br)c1)c1ccccc1. The van der Waals surface area contributed by atoms with Crippen molar-refractivity contribution in [1.82, 2.24) is 4.98 Å². The van der Waals surface area contributed by atoms with E-state index in [-0.39, 0.29) is 5.56 Å². The van der Waals surface area contributed by atoms with Crippen LogP contribution in [0, 0.1) is 0 Å². The predicted molar refractivity (Wildman–Crippen MR) is 67.8 cm³/mol. The zero-order chi connectivity index (χ0) is 13.0. The summed E-state index contributed by atoms with van der Waals surface area (Å²) in [6, 6.07) is 9.19. The molecule has 0 aliphatic carbocycles. The zero-order valence-electron chi connectivity index (χ0n) is 9.32. The minimum absolute atomic E-state index is 0.0621. The zero-order valence-corrected chi connectivity index (χ0v) is 10.9. The predicted octanol–water partition coefficient (Wildman–Crippen LogP) is 4.01. The number of pyridine rings is 1. The molecule has 2 nitrogen and oxygen atoms in total. The molecule has 0 unspecified atom stereocenters. The van der Waals surface area contributed by atoms with Gasteiger partial charge in [-0.15, -0.1) is 0 Å². The van der Waals surface area contributed by atoms with Gasteiger partial charge in [0.25, 0.3) is 0 Å². The van der Waals surface area contributed by atoms with E-state index >= 15 is 0 Å². The summed E-state index contributed by atoms with van der Waals surface area (Å²) in [4.78, 5) is 3.84. The van der Waals surface area contributed by atoms with E-state index in [1.54, 1.807) is 30.5 Å². The van der Waals surface area contributed by atoms with Crippen molar-refractivity contribution >= 4 is 15.9 Å². The van der Waals surface area contributed by atoms with Crippen molar-refractivity contribution in [2.75, 3.05) is 6.61 Å². The Hall–Kier alpha value is -1.49. The lowest BCUT2D eigenvalue weighted by molar-refractivity contribution is -0.0468. The molecule has 0 N–H and O–H groups in total. The summed E-state index contributed by atoms with van der Waals surface area (Å²) in [7, 11) is 0. The second-order valence-electron chi connectivity index (χ2n) is 3.70. The number of ether oxygens (including phenoxy) is 1. The molecule has 0 radical (unpaired) electrons.